The highest BCUT2D eigenvalue weighted by Gasteiger charge is 2.21. The molecule has 0 fully saturated rings. The Morgan fingerprint density at radius 2 is 1.81 bits per heavy atom. The zero-order valence-corrected chi connectivity index (χ0v) is 19.0. The number of benzene rings is 2. The van der Waals surface area contributed by atoms with Gasteiger partial charge in [-0.1, -0.05) is 23.8 Å². The lowest BCUT2D eigenvalue weighted by atomic mass is 10.1. The first-order valence-corrected chi connectivity index (χ1v) is 10.9. The molecule has 1 atom stereocenters. The van der Waals surface area contributed by atoms with Gasteiger partial charge in [-0.3, -0.25) is 14.2 Å². The summed E-state index contributed by atoms with van der Waals surface area (Å²) in [4.78, 5) is 31.3. The molecule has 0 saturated heterocycles. The number of amides is 1. The average molecular weight is 450 g/mol. The van der Waals surface area contributed by atoms with Crippen molar-refractivity contribution < 1.29 is 14.3 Å². The molecule has 8 heteroatoms. The molecule has 1 unspecified atom stereocenters. The van der Waals surface area contributed by atoms with E-state index in [0.717, 1.165) is 16.7 Å². The minimum Gasteiger partial charge on any atom is -0.493 e. The third-order valence-electron chi connectivity index (χ3n) is 5.33. The fraction of sp³-hybridized carbons (Fsp3) is 0.208. The molecule has 0 aliphatic heterocycles. The van der Waals surface area contributed by atoms with Gasteiger partial charge in [-0.05, 0) is 43.7 Å². The number of thiophene rings is 1. The van der Waals surface area contributed by atoms with Gasteiger partial charge in [0, 0.05) is 16.6 Å². The first-order valence-electron chi connectivity index (χ1n) is 10.0. The molecule has 2 heterocycles. The smallest absolute Gasteiger partial charge is 0.263 e. The number of aryl methyl sites for hydroxylation is 1. The number of nitrogens with zero attached hydrogens (tertiary/aromatic N) is 2. The maximum atomic E-state index is 13.4. The SMILES string of the molecule is COc1ccc(-c2csc3ncn(C(C)C(=O)Nc4ccc(C)cc4)c(=O)c23)cc1OC. The first kappa shape index (κ1) is 21.6. The molecule has 4 aromatic rings. The second-order valence-corrected chi connectivity index (χ2v) is 8.25. The summed E-state index contributed by atoms with van der Waals surface area (Å²) in [7, 11) is 3.14. The van der Waals surface area contributed by atoms with Gasteiger partial charge in [-0.25, -0.2) is 4.98 Å². The number of carbonyl (C=O) groups excluding carboxylic acids is 1. The number of nitrogens with one attached hydrogen (secondary N) is 1. The highest BCUT2D eigenvalue weighted by Crippen LogP contribution is 2.36. The van der Waals surface area contributed by atoms with Gasteiger partial charge in [0.05, 0.1) is 25.9 Å². The largest absolute Gasteiger partial charge is 0.493 e. The summed E-state index contributed by atoms with van der Waals surface area (Å²) in [6.07, 6.45) is 1.43. The van der Waals surface area contributed by atoms with E-state index in [-0.39, 0.29) is 11.5 Å². The molecule has 7 nitrogen and oxygen atoms in total. The van der Waals surface area contributed by atoms with E-state index in [1.54, 1.807) is 27.2 Å². The molecule has 0 spiro atoms. The summed E-state index contributed by atoms with van der Waals surface area (Å²) >= 11 is 1.38. The van der Waals surface area contributed by atoms with Crippen LogP contribution in [0.5, 0.6) is 11.5 Å². The monoisotopic (exact) mass is 449 g/mol. The molecule has 2 aromatic heterocycles. The molecule has 1 N–H and O–H groups in total. The van der Waals surface area contributed by atoms with E-state index in [9.17, 15) is 9.59 Å². The normalized spacial score (nSPS) is 11.9. The van der Waals surface area contributed by atoms with Crippen molar-refractivity contribution in [3.63, 3.8) is 0 Å². The van der Waals surface area contributed by atoms with E-state index >= 15 is 0 Å². The Morgan fingerprint density at radius 1 is 1.09 bits per heavy atom. The summed E-state index contributed by atoms with van der Waals surface area (Å²) in [5, 5.41) is 5.22. The standard InChI is InChI=1S/C24H23N3O4S/c1-14-5-8-17(9-6-14)26-22(28)15(2)27-13-25-23-21(24(27)29)18(12-32-23)16-7-10-19(30-3)20(11-16)31-4/h5-13,15H,1-4H3,(H,26,28). The quantitative estimate of drug-likeness (QED) is 0.463. The van der Waals surface area contributed by atoms with E-state index in [0.29, 0.717) is 27.4 Å². The fourth-order valence-electron chi connectivity index (χ4n) is 3.45. The van der Waals surface area contributed by atoms with Crippen LogP contribution in [0.25, 0.3) is 21.3 Å². The molecule has 0 aliphatic rings. The lowest BCUT2D eigenvalue weighted by molar-refractivity contribution is -0.118. The van der Waals surface area contributed by atoms with Crippen LogP contribution >= 0.6 is 11.3 Å². The van der Waals surface area contributed by atoms with Crippen LogP contribution in [0.15, 0.2) is 59.0 Å². The number of rotatable bonds is 6. The summed E-state index contributed by atoms with van der Waals surface area (Å²) in [6.45, 7) is 3.66. The van der Waals surface area contributed by atoms with Crippen molar-refractivity contribution in [1.82, 2.24) is 9.55 Å². The highest BCUT2D eigenvalue weighted by atomic mass is 32.1. The summed E-state index contributed by atoms with van der Waals surface area (Å²) in [6, 6.07) is 12.2. The lowest BCUT2D eigenvalue weighted by Gasteiger charge is -2.15. The Hall–Kier alpha value is -3.65. The fourth-order valence-corrected chi connectivity index (χ4v) is 4.35. The van der Waals surface area contributed by atoms with Crippen molar-refractivity contribution in [3.05, 3.63) is 70.1 Å². The molecule has 0 aliphatic carbocycles. The zero-order valence-electron chi connectivity index (χ0n) is 18.2. The lowest BCUT2D eigenvalue weighted by Crippen LogP contribution is -2.31. The maximum Gasteiger partial charge on any atom is 0.263 e. The Morgan fingerprint density at radius 3 is 2.50 bits per heavy atom. The molecule has 0 bridgehead atoms. The van der Waals surface area contributed by atoms with Crippen molar-refractivity contribution in [2.75, 3.05) is 19.5 Å². The summed E-state index contributed by atoms with van der Waals surface area (Å²) in [5.74, 6) is 0.882. The molecule has 1 amide bonds. The van der Waals surface area contributed by atoms with Crippen LogP contribution in [0.4, 0.5) is 5.69 Å². The van der Waals surface area contributed by atoms with Crippen molar-refractivity contribution in [1.29, 1.82) is 0 Å². The van der Waals surface area contributed by atoms with Gasteiger partial charge in [-0.15, -0.1) is 11.3 Å². The maximum absolute atomic E-state index is 13.4. The predicted octanol–water partition coefficient (Wildman–Crippen LogP) is 4.65. The van der Waals surface area contributed by atoms with Crippen molar-refractivity contribution in [3.8, 4) is 22.6 Å². The van der Waals surface area contributed by atoms with Crippen LogP contribution in [0, 0.1) is 6.92 Å². The van der Waals surface area contributed by atoms with Crippen molar-refractivity contribution in [2.24, 2.45) is 0 Å². The van der Waals surface area contributed by atoms with E-state index < -0.39 is 6.04 Å². The molecular weight excluding hydrogens is 426 g/mol. The van der Waals surface area contributed by atoms with Gasteiger partial charge >= 0.3 is 0 Å². The summed E-state index contributed by atoms with van der Waals surface area (Å²) < 4.78 is 12.1. The van der Waals surface area contributed by atoms with Gasteiger partial charge in [0.25, 0.3) is 5.56 Å². The van der Waals surface area contributed by atoms with E-state index in [2.05, 4.69) is 10.3 Å². The van der Waals surface area contributed by atoms with Gasteiger partial charge in [-0.2, -0.15) is 0 Å². The topological polar surface area (TPSA) is 82.5 Å². The molecule has 4 rings (SSSR count). The van der Waals surface area contributed by atoms with Gasteiger partial charge in [0.1, 0.15) is 10.9 Å². The van der Waals surface area contributed by atoms with E-state index in [1.165, 1.54) is 22.2 Å². The first-order chi connectivity index (χ1) is 15.4. The third-order valence-corrected chi connectivity index (χ3v) is 6.22. The van der Waals surface area contributed by atoms with Gasteiger partial charge in [0.15, 0.2) is 11.5 Å². The van der Waals surface area contributed by atoms with E-state index in [1.807, 2.05) is 48.7 Å². The van der Waals surface area contributed by atoms with Crippen molar-refractivity contribution >= 4 is 33.1 Å². The average Bonchev–Trinajstić information content (AvgIpc) is 3.25. The third kappa shape index (κ3) is 3.97. The number of ether oxygens (including phenoxy) is 2. The predicted molar refractivity (Wildman–Crippen MR) is 127 cm³/mol. The number of methoxy groups -OCH3 is 2. The molecule has 32 heavy (non-hydrogen) atoms. The number of carbonyl (C=O) groups is 1. The van der Waals surface area contributed by atoms with Gasteiger partial charge < -0.3 is 14.8 Å². The van der Waals surface area contributed by atoms with Crippen LogP contribution in [0.2, 0.25) is 0 Å². The molecule has 0 saturated carbocycles. The van der Waals surface area contributed by atoms with Crippen LogP contribution in [-0.2, 0) is 4.79 Å². The Labute approximate surface area is 189 Å². The van der Waals surface area contributed by atoms with Crippen LogP contribution in [-0.4, -0.2) is 29.7 Å². The molecule has 2 aromatic carbocycles. The summed E-state index contributed by atoms with van der Waals surface area (Å²) in [5.41, 5.74) is 3.05. The molecule has 0 radical (unpaired) electrons. The highest BCUT2D eigenvalue weighted by molar-refractivity contribution is 7.17. The molecule has 164 valence electrons. The van der Waals surface area contributed by atoms with Crippen LogP contribution in [0.1, 0.15) is 18.5 Å². The van der Waals surface area contributed by atoms with Crippen LogP contribution in [0.3, 0.4) is 0 Å². The second kappa shape index (κ2) is 8.84. The zero-order chi connectivity index (χ0) is 22.8. The Kier molecular flexibility index (Phi) is 5.96. The number of hydrogen-bond donors (Lipinski definition) is 1. The van der Waals surface area contributed by atoms with Gasteiger partial charge in [0.2, 0.25) is 5.91 Å². The van der Waals surface area contributed by atoms with E-state index in [4.69, 9.17) is 9.47 Å². The minimum atomic E-state index is -0.737. The Balaban J connectivity index is 1.72. The Bertz CT molecular complexity index is 1340. The number of aromatic nitrogens is 2. The van der Waals surface area contributed by atoms with Crippen molar-refractivity contribution in [2.45, 2.75) is 19.9 Å². The number of hydrogen-bond acceptors (Lipinski definition) is 6. The second-order valence-electron chi connectivity index (χ2n) is 7.39. The number of anilines is 1. The minimum absolute atomic E-state index is 0.271. The van der Waals surface area contributed by atoms with Crippen LogP contribution < -0.4 is 20.3 Å². The number of fused-ring (bicyclic) bond motifs is 1. The molecular formula is C24H23N3O4S.